The van der Waals surface area contributed by atoms with E-state index in [0.717, 1.165) is 0 Å². The molecule has 0 aromatic carbocycles. The number of nitrogens with zero attached hydrogens (tertiary/aromatic N) is 1. The number of carbonyl (C=O) groups is 2. The Kier molecular flexibility index (Phi) is 4.99. The number of halogens is 3. The second kappa shape index (κ2) is 5.73. The summed E-state index contributed by atoms with van der Waals surface area (Å²) in [6.07, 6.45) is -1.65. The number of nitrogens with two attached hydrogens (primary N) is 1. The van der Waals surface area contributed by atoms with E-state index in [1.165, 1.54) is 18.7 Å². The number of carbonyl (C=O) groups excluding carboxylic acids is 1. The van der Waals surface area contributed by atoms with Crippen molar-refractivity contribution in [2.75, 3.05) is 0 Å². The van der Waals surface area contributed by atoms with Crippen LogP contribution in [-0.4, -0.2) is 35.5 Å². The SMILES string of the molecule is NC(=O)C1C=NC=CO1.O=C(O)C(F)(F)F. The van der Waals surface area contributed by atoms with Crippen molar-refractivity contribution in [3.8, 4) is 0 Å². The molecule has 0 aromatic rings. The monoisotopic (exact) mass is 240 g/mol. The fourth-order valence-electron chi connectivity index (χ4n) is 0.458. The average molecular weight is 240 g/mol. The van der Waals surface area contributed by atoms with Gasteiger partial charge < -0.3 is 15.6 Å². The number of hydrogen-bond acceptors (Lipinski definition) is 4. The lowest BCUT2D eigenvalue weighted by Gasteiger charge is -2.08. The zero-order valence-corrected chi connectivity index (χ0v) is 7.64. The number of carboxylic acid groups (broad SMARTS) is 1. The fourth-order valence-corrected chi connectivity index (χ4v) is 0.458. The molecule has 1 unspecified atom stereocenters. The van der Waals surface area contributed by atoms with Crippen molar-refractivity contribution in [1.82, 2.24) is 0 Å². The molecule has 1 aliphatic rings. The van der Waals surface area contributed by atoms with Gasteiger partial charge in [0.1, 0.15) is 6.26 Å². The van der Waals surface area contributed by atoms with Crippen molar-refractivity contribution in [2.45, 2.75) is 12.3 Å². The van der Waals surface area contributed by atoms with Crippen molar-refractivity contribution in [3.63, 3.8) is 0 Å². The number of aliphatic carboxylic acids is 1. The minimum Gasteiger partial charge on any atom is -0.481 e. The number of primary amides is 1. The highest BCUT2D eigenvalue weighted by Gasteiger charge is 2.38. The first-order valence-electron chi connectivity index (χ1n) is 3.68. The number of alkyl halides is 3. The Labute approximate surface area is 87.2 Å². The van der Waals surface area contributed by atoms with Gasteiger partial charge in [0.15, 0.2) is 0 Å². The molecule has 6 nitrogen and oxygen atoms in total. The van der Waals surface area contributed by atoms with Gasteiger partial charge in [-0.05, 0) is 0 Å². The zero-order chi connectivity index (χ0) is 12.8. The first-order valence-corrected chi connectivity index (χ1v) is 3.68. The standard InChI is InChI=1S/C5H6N2O2.C2HF3O2/c6-5(8)4-3-7-1-2-9-4;3-2(4,5)1(6)7/h1-4H,(H2,6,8);(H,6,7). The number of amides is 1. The molecule has 1 heterocycles. The highest BCUT2D eigenvalue weighted by Crippen LogP contribution is 2.13. The van der Waals surface area contributed by atoms with Crippen molar-refractivity contribution in [1.29, 1.82) is 0 Å². The average Bonchev–Trinajstić information content (AvgIpc) is 2.18. The van der Waals surface area contributed by atoms with Crippen LogP contribution in [0.2, 0.25) is 0 Å². The second-order valence-corrected chi connectivity index (χ2v) is 2.35. The minimum absolute atomic E-state index is 0.525. The maximum absolute atomic E-state index is 10.6. The van der Waals surface area contributed by atoms with Gasteiger partial charge in [-0.3, -0.25) is 9.79 Å². The van der Waals surface area contributed by atoms with Gasteiger partial charge in [-0.15, -0.1) is 0 Å². The molecular formula is C7H7F3N2O4. The van der Waals surface area contributed by atoms with E-state index in [4.69, 9.17) is 20.4 Å². The summed E-state index contributed by atoms with van der Waals surface area (Å²) in [5.41, 5.74) is 4.88. The smallest absolute Gasteiger partial charge is 0.481 e. The molecule has 0 bridgehead atoms. The van der Waals surface area contributed by atoms with Gasteiger partial charge in [0.05, 0.1) is 12.4 Å². The summed E-state index contributed by atoms with van der Waals surface area (Å²) in [4.78, 5) is 22.9. The summed E-state index contributed by atoms with van der Waals surface area (Å²) in [7, 11) is 0. The van der Waals surface area contributed by atoms with Crippen molar-refractivity contribution >= 4 is 18.1 Å². The molecule has 0 radical (unpaired) electrons. The molecule has 3 N–H and O–H groups in total. The largest absolute Gasteiger partial charge is 0.490 e. The van der Waals surface area contributed by atoms with Crippen LogP contribution in [-0.2, 0) is 14.3 Å². The lowest BCUT2D eigenvalue weighted by molar-refractivity contribution is -0.192. The summed E-state index contributed by atoms with van der Waals surface area (Å²) in [6, 6.07) is 0. The first kappa shape index (κ1) is 13.9. The summed E-state index contributed by atoms with van der Waals surface area (Å²) in [5.74, 6) is -3.28. The maximum atomic E-state index is 10.6. The van der Waals surface area contributed by atoms with E-state index in [2.05, 4.69) is 4.99 Å². The second-order valence-electron chi connectivity index (χ2n) is 2.35. The van der Waals surface area contributed by atoms with Crippen LogP contribution in [0.1, 0.15) is 0 Å². The molecular weight excluding hydrogens is 233 g/mol. The molecule has 9 heteroatoms. The van der Waals surface area contributed by atoms with Gasteiger partial charge in [0.2, 0.25) is 6.10 Å². The minimum atomic E-state index is -5.08. The maximum Gasteiger partial charge on any atom is 0.490 e. The van der Waals surface area contributed by atoms with E-state index in [1.54, 1.807) is 0 Å². The van der Waals surface area contributed by atoms with Crippen LogP contribution in [0.25, 0.3) is 0 Å². The van der Waals surface area contributed by atoms with E-state index in [-0.39, 0.29) is 0 Å². The van der Waals surface area contributed by atoms with Crippen LogP contribution in [0.4, 0.5) is 13.2 Å². The number of carboxylic acids is 1. The Hall–Kier alpha value is -2.06. The molecule has 1 aliphatic heterocycles. The molecule has 0 saturated heterocycles. The summed E-state index contributed by atoms with van der Waals surface area (Å²) >= 11 is 0. The lowest BCUT2D eigenvalue weighted by Crippen LogP contribution is -2.31. The summed E-state index contributed by atoms with van der Waals surface area (Å²) in [5, 5.41) is 7.12. The van der Waals surface area contributed by atoms with E-state index in [9.17, 15) is 18.0 Å². The van der Waals surface area contributed by atoms with Crippen LogP contribution >= 0.6 is 0 Å². The Bertz CT molecular complexity index is 324. The predicted octanol–water partition coefficient (Wildman–Crippen LogP) is 0.0458. The molecule has 1 rings (SSSR count). The van der Waals surface area contributed by atoms with E-state index in [0.29, 0.717) is 0 Å². The Morgan fingerprint density at radius 1 is 1.44 bits per heavy atom. The normalized spacial score (nSPS) is 18.1. The van der Waals surface area contributed by atoms with E-state index < -0.39 is 24.2 Å². The molecule has 1 atom stereocenters. The predicted molar refractivity (Wildman–Crippen MR) is 45.4 cm³/mol. The van der Waals surface area contributed by atoms with Gasteiger partial charge in [-0.2, -0.15) is 13.2 Å². The Morgan fingerprint density at radius 3 is 2.12 bits per heavy atom. The number of ether oxygens (including phenoxy) is 1. The number of rotatable bonds is 1. The van der Waals surface area contributed by atoms with Crippen molar-refractivity contribution in [2.24, 2.45) is 10.7 Å². The molecule has 90 valence electrons. The molecule has 0 saturated carbocycles. The molecule has 0 aromatic heterocycles. The van der Waals surface area contributed by atoms with Crippen LogP contribution in [0.15, 0.2) is 17.5 Å². The molecule has 16 heavy (non-hydrogen) atoms. The fraction of sp³-hybridized carbons (Fsp3) is 0.286. The first-order chi connectivity index (χ1) is 7.25. The van der Waals surface area contributed by atoms with E-state index >= 15 is 0 Å². The van der Waals surface area contributed by atoms with Crippen LogP contribution < -0.4 is 5.73 Å². The summed E-state index contributed by atoms with van der Waals surface area (Å²) < 4.78 is 36.5. The zero-order valence-electron chi connectivity index (χ0n) is 7.64. The third kappa shape index (κ3) is 5.62. The van der Waals surface area contributed by atoms with Gasteiger partial charge in [0.25, 0.3) is 5.91 Å². The highest BCUT2D eigenvalue weighted by atomic mass is 19.4. The van der Waals surface area contributed by atoms with Crippen LogP contribution in [0, 0.1) is 0 Å². The van der Waals surface area contributed by atoms with Crippen LogP contribution in [0.5, 0.6) is 0 Å². The third-order valence-electron chi connectivity index (χ3n) is 1.12. The van der Waals surface area contributed by atoms with Crippen molar-refractivity contribution < 1.29 is 32.6 Å². The van der Waals surface area contributed by atoms with Gasteiger partial charge >= 0.3 is 12.1 Å². The Morgan fingerprint density at radius 2 is 1.94 bits per heavy atom. The molecule has 0 spiro atoms. The van der Waals surface area contributed by atoms with Crippen LogP contribution in [0.3, 0.4) is 0 Å². The third-order valence-corrected chi connectivity index (χ3v) is 1.12. The molecule has 0 aliphatic carbocycles. The number of hydrogen-bond donors (Lipinski definition) is 2. The van der Waals surface area contributed by atoms with Gasteiger partial charge in [-0.25, -0.2) is 4.79 Å². The van der Waals surface area contributed by atoms with Crippen molar-refractivity contribution in [3.05, 3.63) is 12.5 Å². The van der Waals surface area contributed by atoms with E-state index in [1.807, 2.05) is 0 Å². The summed E-state index contributed by atoms with van der Waals surface area (Å²) in [6.45, 7) is 0. The highest BCUT2D eigenvalue weighted by molar-refractivity contribution is 5.95. The molecule has 0 fully saturated rings. The quantitative estimate of drug-likeness (QED) is 0.675. The van der Waals surface area contributed by atoms with Gasteiger partial charge in [0, 0.05) is 0 Å². The number of aliphatic imine (C=N–C) groups is 1. The lowest BCUT2D eigenvalue weighted by atomic mass is 10.3. The Balaban J connectivity index is 0.000000293. The van der Waals surface area contributed by atoms with Gasteiger partial charge in [-0.1, -0.05) is 0 Å². The topological polar surface area (TPSA) is 102 Å². The molecule has 1 amide bonds.